The largest absolute Gasteiger partial charge is 0.505 e. The minimum Gasteiger partial charge on any atom is -0.505 e. The molecular formula is C8H12N2O2. The summed E-state index contributed by atoms with van der Waals surface area (Å²) in [5.74, 6) is 0.565. The molecule has 0 aliphatic carbocycles. The molecule has 0 radical (unpaired) electrons. The van der Waals surface area contributed by atoms with Gasteiger partial charge in [-0.15, -0.1) is 0 Å². The fourth-order valence-corrected chi connectivity index (χ4v) is 0.741. The van der Waals surface area contributed by atoms with Crippen molar-refractivity contribution in [1.82, 2.24) is 9.97 Å². The number of aliphatic hydroxyl groups is 1. The summed E-state index contributed by atoms with van der Waals surface area (Å²) in [6, 6.07) is 0. The zero-order valence-corrected chi connectivity index (χ0v) is 7.15. The van der Waals surface area contributed by atoms with Crippen LogP contribution in [0.5, 0.6) is 5.75 Å². The maximum Gasteiger partial charge on any atom is 0.152 e. The SMILES string of the molecule is CC(C)(CO)c1ncc(O)cn1. The Morgan fingerprint density at radius 1 is 1.33 bits per heavy atom. The molecule has 0 fully saturated rings. The lowest BCUT2D eigenvalue weighted by Crippen LogP contribution is -2.24. The third-order valence-electron chi connectivity index (χ3n) is 1.64. The maximum atomic E-state index is 8.97. The van der Waals surface area contributed by atoms with Crippen molar-refractivity contribution in [2.75, 3.05) is 6.61 Å². The molecule has 0 atom stereocenters. The molecule has 0 saturated heterocycles. The monoisotopic (exact) mass is 168 g/mol. The third-order valence-corrected chi connectivity index (χ3v) is 1.64. The Bertz CT molecular complexity index is 256. The van der Waals surface area contributed by atoms with E-state index in [1.54, 1.807) is 0 Å². The van der Waals surface area contributed by atoms with E-state index in [4.69, 9.17) is 10.2 Å². The van der Waals surface area contributed by atoms with Crippen LogP contribution < -0.4 is 0 Å². The Hall–Kier alpha value is -1.16. The lowest BCUT2D eigenvalue weighted by molar-refractivity contribution is 0.211. The Morgan fingerprint density at radius 2 is 1.83 bits per heavy atom. The van der Waals surface area contributed by atoms with Crippen LogP contribution in [0.2, 0.25) is 0 Å². The number of nitrogens with zero attached hydrogens (tertiary/aromatic N) is 2. The molecule has 0 aliphatic rings. The van der Waals surface area contributed by atoms with Crippen molar-refractivity contribution in [1.29, 1.82) is 0 Å². The van der Waals surface area contributed by atoms with Crippen molar-refractivity contribution >= 4 is 0 Å². The zero-order valence-electron chi connectivity index (χ0n) is 7.15. The highest BCUT2D eigenvalue weighted by Gasteiger charge is 2.22. The molecule has 0 bridgehead atoms. The Kier molecular flexibility index (Phi) is 2.28. The van der Waals surface area contributed by atoms with Crippen LogP contribution in [0.4, 0.5) is 0 Å². The molecule has 0 spiro atoms. The summed E-state index contributed by atoms with van der Waals surface area (Å²) in [6.07, 6.45) is 2.64. The summed E-state index contributed by atoms with van der Waals surface area (Å²) in [6.45, 7) is 3.65. The second kappa shape index (κ2) is 3.06. The van der Waals surface area contributed by atoms with Gasteiger partial charge < -0.3 is 10.2 Å². The molecule has 4 nitrogen and oxygen atoms in total. The van der Waals surface area contributed by atoms with Gasteiger partial charge in [-0.3, -0.25) is 0 Å². The number of hydrogen-bond acceptors (Lipinski definition) is 4. The van der Waals surface area contributed by atoms with Gasteiger partial charge in [0.25, 0.3) is 0 Å². The van der Waals surface area contributed by atoms with Crippen molar-refractivity contribution in [2.24, 2.45) is 0 Å². The summed E-state index contributed by atoms with van der Waals surface area (Å²) >= 11 is 0. The summed E-state index contributed by atoms with van der Waals surface area (Å²) < 4.78 is 0. The molecule has 0 amide bonds. The van der Waals surface area contributed by atoms with Crippen LogP contribution in [0.3, 0.4) is 0 Å². The molecule has 0 saturated carbocycles. The molecule has 0 aliphatic heterocycles. The van der Waals surface area contributed by atoms with Gasteiger partial charge in [0.15, 0.2) is 5.75 Å². The van der Waals surface area contributed by atoms with Gasteiger partial charge in [0, 0.05) is 5.41 Å². The van der Waals surface area contributed by atoms with E-state index in [9.17, 15) is 0 Å². The molecule has 4 heteroatoms. The standard InChI is InChI=1S/C8H12N2O2/c1-8(2,5-11)7-9-3-6(12)4-10-7/h3-4,11-12H,5H2,1-2H3. The number of hydrogen-bond donors (Lipinski definition) is 2. The van der Waals surface area contributed by atoms with Gasteiger partial charge in [0.2, 0.25) is 0 Å². The number of aliphatic hydroxyl groups excluding tert-OH is 1. The molecule has 0 aromatic carbocycles. The second-order valence-corrected chi connectivity index (χ2v) is 3.31. The van der Waals surface area contributed by atoms with E-state index >= 15 is 0 Å². The Morgan fingerprint density at radius 3 is 2.25 bits per heavy atom. The Labute approximate surface area is 70.9 Å². The fraction of sp³-hybridized carbons (Fsp3) is 0.500. The highest BCUT2D eigenvalue weighted by molar-refractivity contribution is 5.13. The average Bonchev–Trinajstić information content (AvgIpc) is 2.05. The molecular weight excluding hydrogens is 156 g/mol. The van der Waals surface area contributed by atoms with Gasteiger partial charge in [-0.1, -0.05) is 13.8 Å². The molecule has 12 heavy (non-hydrogen) atoms. The molecule has 1 aromatic rings. The minimum absolute atomic E-state index is 0.0161. The first-order valence-electron chi connectivity index (χ1n) is 3.68. The van der Waals surface area contributed by atoms with E-state index in [0.29, 0.717) is 5.82 Å². The highest BCUT2D eigenvalue weighted by Crippen LogP contribution is 2.18. The third kappa shape index (κ3) is 1.71. The van der Waals surface area contributed by atoms with Crippen LogP contribution in [0.15, 0.2) is 12.4 Å². The van der Waals surface area contributed by atoms with Gasteiger partial charge in [-0.05, 0) is 0 Å². The smallest absolute Gasteiger partial charge is 0.152 e. The quantitative estimate of drug-likeness (QED) is 0.673. The topological polar surface area (TPSA) is 66.2 Å². The summed E-state index contributed by atoms with van der Waals surface area (Å²) in [7, 11) is 0. The molecule has 1 heterocycles. The highest BCUT2D eigenvalue weighted by atomic mass is 16.3. The van der Waals surface area contributed by atoms with E-state index in [0.717, 1.165) is 0 Å². The zero-order chi connectivity index (χ0) is 9.19. The number of aromatic nitrogens is 2. The fourth-order valence-electron chi connectivity index (χ4n) is 0.741. The van der Waals surface area contributed by atoms with Crippen LogP contribution in [0.25, 0.3) is 0 Å². The van der Waals surface area contributed by atoms with Crippen LogP contribution in [-0.2, 0) is 5.41 Å². The predicted molar refractivity (Wildman–Crippen MR) is 43.8 cm³/mol. The van der Waals surface area contributed by atoms with Crippen LogP contribution in [0, 0.1) is 0 Å². The van der Waals surface area contributed by atoms with Crippen LogP contribution >= 0.6 is 0 Å². The maximum absolute atomic E-state index is 8.97. The Balaban J connectivity index is 2.96. The van der Waals surface area contributed by atoms with Crippen molar-refractivity contribution in [2.45, 2.75) is 19.3 Å². The normalized spacial score (nSPS) is 11.6. The summed E-state index contributed by atoms with van der Waals surface area (Å²) in [5.41, 5.74) is -0.451. The molecule has 1 rings (SSSR count). The first-order valence-corrected chi connectivity index (χ1v) is 3.68. The van der Waals surface area contributed by atoms with E-state index in [1.165, 1.54) is 12.4 Å². The van der Waals surface area contributed by atoms with Crippen LogP contribution in [-0.4, -0.2) is 26.8 Å². The van der Waals surface area contributed by atoms with Crippen molar-refractivity contribution in [3.63, 3.8) is 0 Å². The first kappa shape index (κ1) is 8.93. The molecule has 66 valence electrons. The van der Waals surface area contributed by atoms with Gasteiger partial charge in [-0.25, -0.2) is 9.97 Å². The van der Waals surface area contributed by atoms with Gasteiger partial charge in [-0.2, -0.15) is 0 Å². The van der Waals surface area contributed by atoms with Gasteiger partial charge in [0.1, 0.15) is 5.82 Å². The van der Waals surface area contributed by atoms with E-state index in [-0.39, 0.29) is 12.4 Å². The molecule has 2 N–H and O–H groups in total. The van der Waals surface area contributed by atoms with E-state index < -0.39 is 5.41 Å². The van der Waals surface area contributed by atoms with Crippen molar-refractivity contribution in [3.8, 4) is 5.75 Å². The van der Waals surface area contributed by atoms with E-state index in [1.807, 2.05) is 13.8 Å². The first-order chi connectivity index (χ1) is 5.56. The lowest BCUT2D eigenvalue weighted by Gasteiger charge is -2.18. The van der Waals surface area contributed by atoms with Crippen molar-refractivity contribution < 1.29 is 10.2 Å². The minimum atomic E-state index is -0.451. The summed E-state index contributed by atoms with van der Waals surface area (Å²) in [5, 5.41) is 17.9. The van der Waals surface area contributed by atoms with Crippen LogP contribution in [0.1, 0.15) is 19.7 Å². The van der Waals surface area contributed by atoms with Gasteiger partial charge >= 0.3 is 0 Å². The number of aromatic hydroxyl groups is 1. The molecule has 0 unspecified atom stereocenters. The second-order valence-electron chi connectivity index (χ2n) is 3.31. The average molecular weight is 168 g/mol. The van der Waals surface area contributed by atoms with Gasteiger partial charge in [0.05, 0.1) is 19.0 Å². The van der Waals surface area contributed by atoms with Crippen molar-refractivity contribution in [3.05, 3.63) is 18.2 Å². The summed E-state index contributed by atoms with van der Waals surface area (Å²) in [4.78, 5) is 7.80. The number of rotatable bonds is 2. The predicted octanol–water partition coefficient (Wildman–Crippen LogP) is 0.452. The van der Waals surface area contributed by atoms with E-state index in [2.05, 4.69) is 9.97 Å². The lowest BCUT2D eigenvalue weighted by atomic mass is 9.94. The molecule has 1 aromatic heterocycles.